The molecule has 2 aromatic rings. The number of benzene rings is 2. The third-order valence-electron chi connectivity index (χ3n) is 6.52. The number of allylic oxidation sites excluding steroid dienone is 3. The van der Waals surface area contributed by atoms with E-state index in [0.29, 0.717) is 24.3 Å². The average molecular weight is 476 g/mol. The molecule has 0 spiro atoms. The summed E-state index contributed by atoms with van der Waals surface area (Å²) in [6.45, 7) is 8.03. The first kappa shape index (κ1) is 24.6. The van der Waals surface area contributed by atoms with E-state index in [9.17, 15) is 9.59 Å². The summed E-state index contributed by atoms with van der Waals surface area (Å²) in [7, 11) is 1.63. The van der Waals surface area contributed by atoms with Crippen LogP contribution in [-0.4, -0.2) is 31.6 Å². The summed E-state index contributed by atoms with van der Waals surface area (Å²) >= 11 is 0. The number of carbonyl (C=O) groups is 2. The SMILES string of the molecule is CCOc1ccc(C2C(C(=O)OC(C)C)=C(C)NC3=CC(c4ccc(OC)cc4)CC(=O)C32)cc1. The Morgan fingerprint density at radius 3 is 2.23 bits per heavy atom. The highest BCUT2D eigenvalue weighted by atomic mass is 16.5. The fourth-order valence-corrected chi connectivity index (χ4v) is 4.99. The summed E-state index contributed by atoms with van der Waals surface area (Å²) in [6, 6.07) is 15.5. The summed E-state index contributed by atoms with van der Waals surface area (Å²) in [6.07, 6.45) is 2.23. The van der Waals surface area contributed by atoms with Crippen molar-refractivity contribution in [2.45, 2.75) is 52.1 Å². The maximum atomic E-state index is 13.7. The van der Waals surface area contributed by atoms with Crippen molar-refractivity contribution in [3.63, 3.8) is 0 Å². The fourth-order valence-electron chi connectivity index (χ4n) is 4.99. The zero-order valence-electron chi connectivity index (χ0n) is 21.0. The van der Waals surface area contributed by atoms with Crippen molar-refractivity contribution >= 4 is 11.8 Å². The molecule has 0 fully saturated rings. The number of ketones is 1. The van der Waals surface area contributed by atoms with Crippen molar-refractivity contribution < 1.29 is 23.8 Å². The zero-order chi connectivity index (χ0) is 25.1. The topological polar surface area (TPSA) is 73.9 Å². The van der Waals surface area contributed by atoms with Gasteiger partial charge in [0.2, 0.25) is 0 Å². The normalized spacial score (nSPS) is 21.7. The lowest BCUT2D eigenvalue weighted by Crippen LogP contribution is -2.42. The standard InChI is InChI=1S/C29H33NO5/c1-6-34-23-13-9-20(10-14-23)27-26(29(32)35-17(2)3)18(4)30-24-15-21(16-25(31)28(24)27)19-7-11-22(33-5)12-8-19/h7-15,17,21,27-28,30H,6,16H2,1-5H3. The van der Waals surface area contributed by atoms with Crippen molar-refractivity contribution in [1.29, 1.82) is 0 Å². The third kappa shape index (κ3) is 5.11. The van der Waals surface area contributed by atoms with Crippen LogP contribution in [0.2, 0.25) is 0 Å². The van der Waals surface area contributed by atoms with E-state index >= 15 is 0 Å². The van der Waals surface area contributed by atoms with Gasteiger partial charge in [-0.3, -0.25) is 4.79 Å². The van der Waals surface area contributed by atoms with Gasteiger partial charge in [-0.25, -0.2) is 4.79 Å². The highest BCUT2D eigenvalue weighted by Crippen LogP contribution is 2.46. The fraction of sp³-hybridized carbons (Fsp3) is 0.379. The molecule has 1 N–H and O–H groups in total. The van der Waals surface area contributed by atoms with Crippen LogP contribution in [0.25, 0.3) is 0 Å². The van der Waals surface area contributed by atoms with Crippen molar-refractivity contribution in [1.82, 2.24) is 5.32 Å². The van der Waals surface area contributed by atoms with Crippen LogP contribution in [0.4, 0.5) is 0 Å². The molecule has 3 unspecified atom stereocenters. The second kappa shape index (κ2) is 10.4. The molecule has 0 saturated carbocycles. The summed E-state index contributed by atoms with van der Waals surface area (Å²) in [5, 5.41) is 3.38. The van der Waals surface area contributed by atoms with E-state index < -0.39 is 17.8 Å². The van der Waals surface area contributed by atoms with E-state index in [1.807, 2.05) is 76.2 Å². The molecule has 0 saturated heterocycles. The molecule has 2 aliphatic rings. The zero-order valence-corrected chi connectivity index (χ0v) is 21.0. The highest BCUT2D eigenvalue weighted by molar-refractivity contribution is 5.96. The Balaban J connectivity index is 1.77. The number of carbonyl (C=O) groups excluding carboxylic acids is 2. The summed E-state index contributed by atoms with van der Waals surface area (Å²) in [5.41, 5.74) is 3.98. The molecular formula is C29H33NO5. The predicted molar refractivity (Wildman–Crippen MR) is 134 cm³/mol. The van der Waals surface area contributed by atoms with Gasteiger partial charge in [0.1, 0.15) is 17.3 Å². The van der Waals surface area contributed by atoms with Crippen LogP contribution in [-0.2, 0) is 14.3 Å². The lowest BCUT2D eigenvalue weighted by Gasteiger charge is -2.39. The maximum Gasteiger partial charge on any atom is 0.336 e. The first-order valence-corrected chi connectivity index (χ1v) is 12.1. The van der Waals surface area contributed by atoms with E-state index in [1.165, 1.54) is 0 Å². The van der Waals surface area contributed by atoms with E-state index in [1.54, 1.807) is 7.11 Å². The molecule has 6 nitrogen and oxygen atoms in total. The van der Waals surface area contributed by atoms with Gasteiger partial charge in [-0.1, -0.05) is 30.3 Å². The van der Waals surface area contributed by atoms with Crippen molar-refractivity contribution in [2.75, 3.05) is 13.7 Å². The maximum absolute atomic E-state index is 13.7. The van der Waals surface area contributed by atoms with Crippen LogP contribution in [0.1, 0.15) is 57.1 Å². The van der Waals surface area contributed by atoms with Crippen LogP contribution in [0.3, 0.4) is 0 Å². The second-order valence-electron chi connectivity index (χ2n) is 9.25. The highest BCUT2D eigenvalue weighted by Gasteiger charge is 2.45. The number of ether oxygens (including phenoxy) is 3. The molecule has 0 amide bonds. The van der Waals surface area contributed by atoms with Gasteiger partial charge in [-0.05, 0) is 63.1 Å². The van der Waals surface area contributed by atoms with Gasteiger partial charge in [-0.2, -0.15) is 0 Å². The van der Waals surface area contributed by atoms with Crippen LogP contribution < -0.4 is 14.8 Å². The lowest BCUT2D eigenvalue weighted by molar-refractivity contribution is -0.143. The predicted octanol–water partition coefficient (Wildman–Crippen LogP) is 5.26. The lowest BCUT2D eigenvalue weighted by atomic mass is 9.68. The van der Waals surface area contributed by atoms with Crippen LogP contribution in [0.15, 0.2) is 71.6 Å². The minimum absolute atomic E-state index is 0.0508. The van der Waals surface area contributed by atoms with Gasteiger partial charge in [0.05, 0.1) is 31.3 Å². The van der Waals surface area contributed by atoms with E-state index in [2.05, 4.69) is 11.4 Å². The molecule has 6 heteroatoms. The largest absolute Gasteiger partial charge is 0.497 e. The molecular weight excluding hydrogens is 442 g/mol. The second-order valence-corrected chi connectivity index (χ2v) is 9.25. The molecule has 35 heavy (non-hydrogen) atoms. The Morgan fingerprint density at radius 1 is 1.00 bits per heavy atom. The molecule has 1 aliphatic heterocycles. The van der Waals surface area contributed by atoms with E-state index in [4.69, 9.17) is 14.2 Å². The van der Waals surface area contributed by atoms with Crippen molar-refractivity contribution in [2.24, 2.45) is 5.92 Å². The van der Waals surface area contributed by atoms with Crippen LogP contribution in [0, 0.1) is 5.92 Å². The summed E-state index contributed by atoms with van der Waals surface area (Å²) in [5.74, 6) is 0.257. The van der Waals surface area contributed by atoms with E-state index in [0.717, 1.165) is 28.3 Å². The number of hydrogen-bond acceptors (Lipinski definition) is 6. The number of fused-ring (bicyclic) bond motifs is 1. The summed E-state index contributed by atoms with van der Waals surface area (Å²) in [4.78, 5) is 26.9. The smallest absolute Gasteiger partial charge is 0.336 e. The minimum atomic E-state index is -0.485. The Labute approximate surface area is 207 Å². The number of Topliss-reactive ketones (excluding diaryl/α,β-unsaturated/α-hetero) is 1. The molecule has 0 bridgehead atoms. The monoisotopic (exact) mass is 475 g/mol. The van der Waals surface area contributed by atoms with Crippen molar-refractivity contribution in [3.05, 3.63) is 82.7 Å². The molecule has 2 aromatic carbocycles. The number of esters is 1. The Bertz CT molecular complexity index is 1140. The number of hydrogen-bond donors (Lipinski definition) is 1. The van der Waals surface area contributed by atoms with Gasteiger partial charge in [0, 0.05) is 29.7 Å². The molecule has 0 aromatic heterocycles. The van der Waals surface area contributed by atoms with Gasteiger partial charge >= 0.3 is 5.97 Å². The average Bonchev–Trinajstić information content (AvgIpc) is 2.83. The molecule has 4 rings (SSSR count). The molecule has 1 heterocycles. The van der Waals surface area contributed by atoms with Crippen LogP contribution >= 0.6 is 0 Å². The molecule has 3 atom stereocenters. The number of rotatable bonds is 7. The summed E-state index contributed by atoms with van der Waals surface area (Å²) < 4.78 is 16.5. The Kier molecular flexibility index (Phi) is 7.29. The van der Waals surface area contributed by atoms with E-state index in [-0.39, 0.29) is 17.8 Å². The van der Waals surface area contributed by atoms with Crippen LogP contribution in [0.5, 0.6) is 11.5 Å². The molecule has 0 radical (unpaired) electrons. The first-order valence-electron chi connectivity index (χ1n) is 12.1. The Morgan fingerprint density at radius 2 is 1.63 bits per heavy atom. The molecule has 1 aliphatic carbocycles. The van der Waals surface area contributed by atoms with Gasteiger partial charge in [0.25, 0.3) is 0 Å². The van der Waals surface area contributed by atoms with Gasteiger partial charge in [0.15, 0.2) is 0 Å². The quantitative estimate of drug-likeness (QED) is 0.551. The number of nitrogens with one attached hydrogen (secondary N) is 1. The Hall–Kier alpha value is -3.54. The van der Waals surface area contributed by atoms with Gasteiger partial charge < -0.3 is 19.5 Å². The molecule has 184 valence electrons. The third-order valence-corrected chi connectivity index (χ3v) is 6.52. The first-order chi connectivity index (χ1) is 16.8. The van der Waals surface area contributed by atoms with Crippen molar-refractivity contribution in [3.8, 4) is 11.5 Å². The number of methoxy groups -OCH3 is 1. The van der Waals surface area contributed by atoms with Gasteiger partial charge in [-0.15, -0.1) is 0 Å². The minimum Gasteiger partial charge on any atom is -0.497 e.